The molecular weight excluding hydrogens is 355 g/mol. The maximum atomic E-state index is 13.6. The van der Waals surface area contributed by atoms with E-state index < -0.39 is 29.7 Å². The molecule has 0 bridgehead atoms. The van der Waals surface area contributed by atoms with Gasteiger partial charge in [-0.25, -0.2) is 9.69 Å². The summed E-state index contributed by atoms with van der Waals surface area (Å²) >= 11 is 0. The Labute approximate surface area is 147 Å². The van der Waals surface area contributed by atoms with Gasteiger partial charge < -0.3 is 10.1 Å². The van der Waals surface area contributed by atoms with Crippen molar-refractivity contribution in [1.29, 1.82) is 0 Å². The molecule has 0 saturated carbocycles. The van der Waals surface area contributed by atoms with Crippen LogP contribution in [0.25, 0.3) is 0 Å². The summed E-state index contributed by atoms with van der Waals surface area (Å²) in [6, 6.07) is 4.02. The molecule has 142 valence electrons. The number of benzene rings is 1. The highest BCUT2D eigenvalue weighted by Gasteiger charge is 2.69. The second-order valence-corrected chi connectivity index (χ2v) is 6.16. The SMILES string of the molecule is COc1ccc(N2C(=O)N[C@](NC(=O)CC(C)C)(C(F)(F)F)C2=O)cc1. The number of carbonyl (C=O) groups is 3. The number of hydrogen-bond acceptors (Lipinski definition) is 4. The highest BCUT2D eigenvalue weighted by molar-refractivity contribution is 6.24. The number of alkyl halides is 3. The zero-order valence-corrected chi connectivity index (χ0v) is 14.3. The van der Waals surface area contributed by atoms with Gasteiger partial charge in [0, 0.05) is 6.42 Å². The van der Waals surface area contributed by atoms with Gasteiger partial charge in [-0.05, 0) is 30.2 Å². The Bertz CT molecular complexity index is 718. The summed E-state index contributed by atoms with van der Waals surface area (Å²) in [5, 5.41) is 3.24. The average molecular weight is 373 g/mol. The Morgan fingerprint density at radius 2 is 1.85 bits per heavy atom. The van der Waals surface area contributed by atoms with Gasteiger partial charge in [0.15, 0.2) is 0 Å². The molecule has 1 atom stereocenters. The van der Waals surface area contributed by atoms with Crippen molar-refractivity contribution < 1.29 is 32.3 Å². The van der Waals surface area contributed by atoms with E-state index in [1.54, 1.807) is 24.5 Å². The smallest absolute Gasteiger partial charge is 0.440 e. The number of carbonyl (C=O) groups excluding carboxylic acids is 3. The molecule has 1 heterocycles. The second kappa shape index (κ2) is 6.85. The fourth-order valence-corrected chi connectivity index (χ4v) is 2.47. The van der Waals surface area contributed by atoms with E-state index in [1.165, 1.54) is 31.4 Å². The molecule has 0 aromatic heterocycles. The average Bonchev–Trinajstić information content (AvgIpc) is 2.78. The van der Waals surface area contributed by atoms with Gasteiger partial charge in [0.2, 0.25) is 5.91 Å². The molecule has 7 nitrogen and oxygen atoms in total. The van der Waals surface area contributed by atoms with Crippen LogP contribution in [0.4, 0.5) is 23.7 Å². The molecule has 10 heteroatoms. The Morgan fingerprint density at radius 3 is 2.31 bits per heavy atom. The van der Waals surface area contributed by atoms with E-state index in [9.17, 15) is 27.6 Å². The molecular formula is C16H18F3N3O4. The minimum Gasteiger partial charge on any atom is -0.497 e. The first-order valence-electron chi connectivity index (χ1n) is 7.70. The molecule has 26 heavy (non-hydrogen) atoms. The standard InChI is InChI=1S/C16H18F3N3O4/c1-9(2)8-12(23)20-15(16(17,18)19)13(24)22(14(25)21-15)10-4-6-11(26-3)7-5-10/h4-7,9H,8H2,1-3H3,(H,20,23)(H,21,25)/t15-/m0/s1. The van der Waals surface area contributed by atoms with Crippen molar-refractivity contribution in [2.24, 2.45) is 5.92 Å². The number of hydrogen-bond donors (Lipinski definition) is 2. The minimum absolute atomic E-state index is 0.0856. The number of nitrogens with zero attached hydrogens (tertiary/aromatic N) is 1. The van der Waals surface area contributed by atoms with Crippen LogP contribution >= 0.6 is 0 Å². The van der Waals surface area contributed by atoms with Crippen LogP contribution in [0.3, 0.4) is 0 Å². The fraction of sp³-hybridized carbons (Fsp3) is 0.438. The molecule has 4 amide bonds. The lowest BCUT2D eigenvalue weighted by Gasteiger charge is -2.30. The van der Waals surface area contributed by atoms with Crippen LogP contribution in [0.5, 0.6) is 5.75 Å². The summed E-state index contributed by atoms with van der Waals surface area (Å²) in [4.78, 5) is 36.9. The molecule has 1 fully saturated rings. The van der Waals surface area contributed by atoms with Crippen molar-refractivity contribution in [3.05, 3.63) is 24.3 Å². The van der Waals surface area contributed by atoms with Crippen molar-refractivity contribution in [2.75, 3.05) is 12.0 Å². The number of imide groups is 1. The van der Waals surface area contributed by atoms with Gasteiger partial charge >= 0.3 is 12.2 Å². The number of methoxy groups -OCH3 is 1. The molecule has 1 aliphatic rings. The Morgan fingerprint density at radius 1 is 1.27 bits per heavy atom. The first-order valence-corrected chi connectivity index (χ1v) is 7.70. The maximum Gasteiger partial charge on any atom is 0.440 e. The summed E-state index contributed by atoms with van der Waals surface area (Å²) in [5.74, 6) is -2.46. The highest BCUT2D eigenvalue weighted by Crippen LogP contribution is 2.36. The number of anilines is 1. The number of amides is 4. The third-order valence-electron chi connectivity index (χ3n) is 3.70. The minimum atomic E-state index is -5.23. The first kappa shape index (κ1) is 19.5. The number of ether oxygens (including phenoxy) is 1. The van der Waals surface area contributed by atoms with Gasteiger partial charge in [-0.3, -0.25) is 14.9 Å². The largest absolute Gasteiger partial charge is 0.497 e. The van der Waals surface area contributed by atoms with Gasteiger partial charge in [-0.2, -0.15) is 13.2 Å². The van der Waals surface area contributed by atoms with Crippen molar-refractivity contribution in [2.45, 2.75) is 32.1 Å². The van der Waals surface area contributed by atoms with E-state index in [-0.39, 0.29) is 18.0 Å². The summed E-state index contributed by atoms with van der Waals surface area (Å²) in [6.07, 6.45) is -5.46. The third kappa shape index (κ3) is 3.44. The summed E-state index contributed by atoms with van der Waals surface area (Å²) < 4.78 is 45.9. The summed E-state index contributed by atoms with van der Waals surface area (Å²) in [7, 11) is 1.39. The van der Waals surface area contributed by atoms with Crippen LogP contribution in [-0.2, 0) is 9.59 Å². The zero-order chi connectivity index (χ0) is 19.7. The monoisotopic (exact) mass is 373 g/mol. The number of rotatable bonds is 5. The van der Waals surface area contributed by atoms with Crippen LogP contribution in [0.1, 0.15) is 20.3 Å². The molecule has 1 aromatic carbocycles. The van der Waals surface area contributed by atoms with Gasteiger partial charge in [0.25, 0.3) is 11.6 Å². The van der Waals surface area contributed by atoms with Gasteiger partial charge in [-0.1, -0.05) is 13.8 Å². The Balaban J connectivity index is 2.40. The van der Waals surface area contributed by atoms with Gasteiger partial charge in [0.1, 0.15) is 5.75 Å². The second-order valence-electron chi connectivity index (χ2n) is 6.16. The van der Waals surface area contributed by atoms with Gasteiger partial charge in [0.05, 0.1) is 12.8 Å². The number of urea groups is 1. The van der Waals surface area contributed by atoms with Crippen LogP contribution < -0.4 is 20.3 Å². The highest BCUT2D eigenvalue weighted by atomic mass is 19.4. The molecule has 0 radical (unpaired) electrons. The van der Waals surface area contributed by atoms with Crippen molar-refractivity contribution in [3.63, 3.8) is 0 Å². The van der Waals surface area contributed by atoms with E-state index in [1.807, 2.05) is 0 Å². The van der Waals surface area contributed by atoms with Crippen LogP contribution in [-0.4, -0.2) is 36.8 Å². The van der Waals surface area contributed by atoms with Gasteiger partial charge in [-0.15, -0.1) is 0 Å². The fourth-order valence-electron chi connectivity index (χ4n) is 2.47. The molecule has 0 aliphatic carbocycles. The normalized spacial score (nSPS) is 20.3. The lowest BCUT2D eigenvalue weighted by molar-refractivity contribution is -0.201. The van der Waals surface area contributed by atoms with E-state index in [4.69, 9.17) is 4.74 Å². The van der Waals surface area contributed by atoms with E-state index in [0.29, 0.717) is 10.6 Å². The zero-order valence-electron chi connectivity index (χ0n) is 14.3. The lowest BCUT2D eigenvalue weighted by Crippen LogP contribution is -2.69. The topological polar surface area (TPSA) is 87.7 Å². The molecule has 0 unspecified atom stereocenters. The lowest BCUT2D eigenvalue weighted by atomic mass is 10.1. The molecule has 1 aliphatic heterocycles. The molecule has 0 spiro atoms. The number of halogens is 3. The predicted molar refractivity (Wildman–Crippen MR) is 85.4 cm³/mol. The van der Waals surface area contributed by atoms with Crippen molar-refractivity contribution in [1.82, 2.24) is 10.6 Å². The van der Waals surface area contributed by atoms with E-state index >= 15 is 0 Å². The Hall–Kier alpha value is -2.78. The quantitative estimate of drug-likeness (QED) is 0.775. The summed E-state index contributed by atoms with van der Waals surface area (Å²) in [5.41, 5.74) is -3.59. The molecule has 1 saturated heterocycles. The maximum absolute atomic E-state index is 13.6. The van der Waals surface area contributed by atoms with Crippen LogP contribution in [0, 0.1) is 5.92 Å². The first-order chi connectivity index (χ1) is 12.0. The predicted octanol–water partition coefficient (Wildman–Crippen LogP) is 2.17. The molecule has 1 aromatic rings. The Kier molecular flexibility index (Phi) is 5.15. The summed E-state index contributed by atoms with van der Waals surface area (Å²) in [6.45, 7) is 3.27. The molecule has 2 rings (SSSR count). The van der Waals surface area contributed by atoms with E-state index in [0.717, 1.165) is 0 Å². The van der Waals surface area contributed by atoms with Crippen LogP contribution in [0.15, 0.2) is 24.3 Å². The number of nitrogens with one attached hydrogen (secondary N) is 2. The van der Waals surface area contributed by atoms with Crippen molar-refractivity contribution in [3.8, 4) is 5.75 Å². The molecule has 2 N–H and O–H groups in total. The van der Waals surface area contributed by atoms with Crippen molar-refractivity contribution >= 4 is 23.5 Å². The van der Waals surface area contributed by atoms with Crippen LogP contribution in [0.2, 0.25) is 0 Å². The van der Waals surface area contributed by atoms with E-state index in [2.05, 4.69) is 0 Å². The third-order valence-corrected chi connectivity index (χ3v) is 3.70.